The first-order valence-corrected chi connectivity index (χ1v) is 7.35. The molecular weight excluding hydrogens is 262 g/mol. The number of hydrogen-bond donors (Lipinski definition) is 0. The van der Waals surface area contributed by atoms with E-state index >= 15 is 0 Å². The van der Waals surface area contributed by atoms with Crippen LogP contribution >= 0.6 is 0 Å². The van der Waals surface area contributed by atoms with Crippen molar-refractivity contribution in [2.45, 2.75) is 19.4 Å². The summed E-state index contributed by atoms with van der Waals surface area (Å²) in [5.41, 5.74) is 4.25. The van der Waals surface area contributed by atoms with Crippen molar-refractivity contribution in [1.29, 1.82) is 0 Å². The fourth-order valence-electron chi connectivity index (χ4n) is 2.93. The molecule has 1 fully saturated rings. The van der Waals surface area contributed by atoms with Gasteiger partial charge in [0.2, 0.25) is 0 Å². The molecule has 5 heteroatoms. The molecular formula is C16H17N5. The highest BCUT2D eigenvalue weighted by Crippen LogP contribution is 2.22. The molecule has 4 heterocycles. The molecule has 0 bridgehead atoms. The number of rotatable bonds is 3. The van der Waals surface area contributed by atoms with Crippen molar-refractivity contribution < 1.29 is 0 Å². The van der Waals surface area contributed by atoms with Crippen LogP contribution in [-0.2, 0) is 6.54 Å². The Balaban J connectivity index is 1.67. The van der Waals surface area contributed by atoms with Crippen molar-refractivity contribution in [1.82, 2.24) is 24.5 Å². The van der Waals surface area contributed by atoms with Crippen molar-refractivity contribution >= 4 is 5.65 Å². The molecule has 4 rings (SSSR count). The van der Waals surface area contributed by atoms with Crippen molar-refractivity contribution in [3.05, 3.63) is 48.7 Å². The highest BCUT2D eigenvalue weighted by molar-refractivity contribution is 5.76. The van der Waals surface area contributed by atoms with E-state index in [-0.39, 0.29) is 0 Å². The van der Waals surface area contributed by atoms with E-state index in [2.05, 4.69) is 26.2 Å². The summed E-state index contributed by atoms with van der Waals surface area (Å²) in [5.74, 6) is 0. The van der Waals surface area contributed by atoms with Crippen LogP contribution in [0.1, 0.15) is 18.4 Å². The molecule has 0 aliphatic carbocycles. The Labute approximate surface area is 123 Å². The molecule has 1 aliphatic rings. The number of aromatic nitrogens is 4. The van der Waals surface area contributed by atoms with Crippen LogP contribution in [0.5, 0.6) is 0 Å². The molecule has 1 saturated heterocycles. The summed E-state index contributed by atoms with van der Waals surface area (Å²) < 4.78 is 1.88. The van der Waals surface area contributed by atoms with Gasteiger partial charge in [-0.25, -0.2) is 9.50 Å². The fraction of sp³-hybridized carbons (Fsp3) is 0.312. The third-order valence-electron chi connectivity index (χ3n) is 4.01. The maximum absolute atomic E-state index is 4.61. The summed E-state index contributed by atoms with van der Waals surface area (Å²) in [7, 11) is 0. The van der Waals surface area contributed by atoms with Gasteiger partial charge >= 0.3 is 0 Å². The molecule has 1 aliphatic heterocycles. The van der Waals surface area contributed by atoms with Gasteiger partial charge in [-0.1, -0.05) is 0 Å². The minimum Gasteiger partial charge on any atom is -0.299 e. The lowest BCUT2D eigenvalue weighted by Gasteiger charge is -2.14. The lowest BCUT2D eigenvalue weighted by Crippen LogP contribution is -2.18. The number of likely N-dealkylation sites (tertiary alicyclic amines) is 1. The van der Waals surface area contributed by atoms with Crippen LogP contribution in [0.25, 0.3) is 16.8 Å². The molecule has 106 valence electrons. The van der Waals surface area contributed by atoms with Crippen molar-refractivity contribution in [3.8, 4) is 11.1 Å². The van der Waals surface area contributed by atoms with E-state index in [1.807, 2.05) is 29.0 Å². The highest BCUT2D eigenvalue weighted by Gasteiger charge is 2.13. The smallest absolute Gasteiger partial charge is 0.162 e. The fourth-order valence-corrected chi connectivity index (χ4v) is 2.93. The zero-order chi connectivity index (χ0) is 14.1. The molecule has 5 nitrogen and oxygen atoms in total. The van der Waals surface area contributed by atoms with Gasteiger partial charge in [0.15, 0.2) is 5.65 Å². The van der Waals surface area contributed by atoms with E-state index in [0.29, 0.717) is 0 Å². The van der Waals surface area contributed by atoms with E-state index < -0.39 is 0 Å². The minimum absolute atomic E-state index is 0.895. The van der Waals surface area contributed by atoms with E-state index in [4.69, 9.17) is 0 Å². The molecule has 0 atom stereocenters. The van der Waals surface area contributed by atoms with Crippen LogP contribution < -0.4 is 0 Å². The van der Waals surface area contributed by atoms with E-state index in [1.165, 1.54) is 31.5 Å². The molecule has 0 amide bonds. The number of nitrogens with zero attached hydrogens (tertiary/aromatic N) is 5. The summed E-state index contributed by atoms with van der Waals surface area (Å²) in [4.78, 5) is 11.1. The van der Waals surface area contributed by atoms with Gasteiger partial charge in [-0.2, -0.15) is 5.10 Å². The van der Waals surface area contributed by atoms with Gasteiger partial charge in [-0.05, 0) is 43.6 Å². The lowest BCUT2D eigenvalue weighted by atomic mass is 10.1. The quantitative estimate of drug-likeness (QED) is 0.738. The Hall–Kier alpha value is -2.27. The summed E-state index contributed by atoms with van der Waals surface area (Å²) in [6.45, 7) is 3.35. The standard InChI is InChI=1S/C16H17N5/c1-2-8-20(7-1)11-13-9-18-16-15(10-19-21(16)12-13)14-3-5-17-6-4-14/h3-6,9-10,12H,1-2,7-8,11H2. The number of pyridine rings is 1. The van der Waals surface area contributed by atoms with Gasteiger partial charge in [0.1, 0.15) is 0 Å². The maximum atomic E-state index is 4.61. The van der Waals surface area contributed by atoms with E-state index in [9.17, 15) is 0 Å². The van der Waals surface area contributed by atoms with Crippen LogP contribution in [0.15, 0.2) is 43.1 Å². The molecule has 0 unspecified atom stereocenters. The maximum Gasteiger partial charge on any atom is 0.162 e. The van der Waals surface area contributed by atoms with E-state index in [0.717, 1.165) is 23.3 Å². The zero-order valence-electron chi connectivity index (χ0n) is 11.8. The Morgan fingerprint density at radius 2 is 1.86 bits per heavy atom. The lowest BCUT2D eigenvalue weighted by molar-refractivity contribution is 0.330. The molecule has 0 radical (unpaired) electrons. The zero-order valence-corrected chi connectivity index (χ0v) is 11.8. The van der Waals surface area contributed by atoms with Crippen LogP contribution in [0.3, 0.4) is 0 Å². The molecule has 21 heavy (non-hydrogen) atoms. The summed E-state index contributed by atoms with van der Waals surface area (Å²) in [6, 6.07) is 3.97. The monoisotopic (exact) mass is 279 g/mol. The van der Waals surface area contributed by atoms with Crippen LogP contribution in [0.4, 0.5) is 0 Å². The summed E-state index contributed by atoms with van der Waals surface area (Å²) in [5, 5.41) is 4.45. The Morgan fingerprint density at radius 3 is 2.67 bits per heavy atom. The van der Waals surface area contributed by atoms with Crippen molar-refractivity contribution in [2.75, 3.05) is 13.1 Å². The average Bonchev–Trinajstić information content (AvgIpc) is 3.17. The van der Waals surface area contributed by atoms with Gasteiger partial charge in [-0.3, -0.25) is 9.88 Å². The molecule has 0 aromatic carbocycles. The Bertz CT molecular complexity index is 744. The second-order valence-corrected chi connectivity index (χ2v) is 5.51. The van der Waals surface area contributed by atoms with Gasteiger partial charge in [0.25, 0.3) is 0 Å². The largest absolute Gasteiger partial charge is 0.299 e. The minimum atomic E-state index is 0.895. The van der Waals surface area contributed by atoms with E-state index in [1.54, 1.807) is 12.4 Å². The second-order valence-electron chi connectivity index (χ2n) is 5.51. The highest BCUT2D eigenvalue weighted by atomic mass is 15.2. The SMILES string of the molecule is c1cc(-c2cnn3cc(CN4CCCC4)cnc23)ccn1. The third-order valence-corrected chi connectivity index (χ3v) is 4.01. The average molecular weight is 279 g/mol. The normalized spacial score (nSPS) is 15.8. The number of hydrogen-bond acceptors (Lipinski definition) is 4. The first-order valence-electron chi connectivity index (χ1n) is 7.35. The third kappa shape index (κ3) is 2.40. The molecule has 3 aromatic rings. The van der Waals surface area contributed by atoms with Gasteiger partial charge in [0.05, 0.1) is 6.20 Å². The Kier molecular flexibility index (Phi) is 3.12. The van der Waals surface area contributed by atoms with Gasteiger partial charge in [0, 0.05) is 42.5 Å². The van der Waals surface area contributed by atoms with Gasteiger partial charge in [-0.15, -0.1) is 0 Å². The van der Waals surface area contributed by atoms with Crippen LogP contribution in [-0.4, -0.2) is 37.6 Å². The molecule has 0 spiro atoms. The molecule has 0 N–H and O–H groups in total. The first-order chi connectivity index (χ1) is 10.4. The first kappa shape index (κ1) is 12.5. The Morgan fingerprint density at radius 1 is 1.05 bits per heavy atom. The summed E-state index contributed by atoms with van der Waals surface area (Å²) >= 11 is 0. The second kappa shape index (κ2) is 5.26. The van der Waals surface area contributed by atoms with Crippen molar-refractivity contribution in [2.24, 2.45) is 0 Å². The van der Waals surface area contributed by atoms with Crippen molar-refractivity contribution in [3.63, 3.8) is 0 Å². The topological polar surface area (TPSA) is 46.3 Å². The predicted octanol–water partition coefficient (Wildman–Crippen LogP) is 2.39. The van der Waals surface area contributed by atoms with Gasteiger partial charge < -0.3 is 0 Å². The summed E-state index contributed by atoms with van der Waals surface area (Å²) in [6.07, 6.45) is 12.1. The van der Waals surface area contributed by atoms with Crippen LogP contribution in [0.2, 0.25) is 0 Å². The molecule has 3 aromatic heterocycles. The molecule has 0 saturated carbocycles. The predicted molar refractivity (Wildman–Crippen MR) is 80.7 cm³/mol. The van der Waals surface area contributed by atoms with Crippen LogP contribution in [0, 0.1) is 0 Å². The number of fused-ring (bicyclic) bond motifs is 1.